The second-order valence-electron chi connectivity index (χ2n) is 10.1. The van der Waals surface area contributed by atoms with E-state index in [1.165, 1.54) is 11.1 Å². The molecule has 0 spiro atoms. The number of carbonyl (C=O) groups is 3. The number of ether oxygens (including phenoxy) is 1. The molecule has 1 fully saturated rings. The Labute approximate surface area is 199 Å². The van der Waals surface area contributed by atoms with E-state index in [4.69, 9.17) is 4.74 Å². The van der Waals surface area contributed by atoms with Crippen molar-refractivity contribution in [3.8, 4) is 11.1 Å². The summed E-state index contributed by atoms with van der Waals surface area (Å²) in [5.74, 6) is -1.27. The van der Waals surface area contributed by atoms with Crippen LogP contribution in [0.1, 0.15) is 63.0 Å². The minimum atomic E-state index is -1.06. The van der Waals surface area contributed by atoms with E-state index >= 15 is 0 Å². The Morgan fingerprint density at radius 3 is 2.12 bits per heavy atom. The summed E-state index contributed by atoms with van der Waals surface area (Å²) >= 11 is 0. The van der Waals surface area contributed by atoms with E-state index in [9.17, 15) is 19.5 Å². The van der Waals surface area contributed by atoms with Gasteiger partial charge in [-0.3, -0.25) is 9.59 Å². The molecule has 4 rings (SSSR count). The number of benzene rings is 2. The molecular weight excluding hydrogens is 432 g/mol. The maximum atomic E-state index is 12.8. The third kappa shape index (κ3) is 4.93. The SMILES string of the molecule is CC(C)(CNC(=O)CC1(NC(=O)OCC2c3ccccc3-c3ccccc32)CCCC1)C(=O)O. The van der Waals surface area contributed by atoms with Crippen LogP contribution in [0.15, 0.2) is 48.5 Å². The van der Waals surface area contributed by atoms with E-state index in [1.54, 1.807) is 13.8 Å². The predicted octanol–water partition coefficient (Wildman–Crippen LogP) is 4.46. The molecule has 0 saturated heterocycles. The lowest BCUT2D eigenvalue weighted by Gasteiger charge is -2.30. The molecule has 180 valence electrons. The topological polar surface area (TPSA) is 105 Å². The van der Waals surface area contributed by atoms with Gasteiger partial charge < -0.3 is 20.5 Å². The zero-order valence-corrected chi connectivity index (χ0v) is 19.7. The van der Waals surface area contributed by atoms with Gasteiger partial charge in [-0.25, -0.2) is 4.79 Å². The summed E-state index contributed by atoms with van der Waals surface area (Å²) in [7, 11) is 0. The van der Waals surface area contributed by atoms with E-state index in [0.717, 1.165) is 24.0 Å². The third-order valence-corrected chi connectivity index (χ3v) is 7.08. The summed E-state index contributed by atoms with van der Waals surface area (Å²) < 4.78 is 5.69. The molecule has 2 aromatic rings. The molecule has 0 aromatic heterocycles. The number of aliphatic carboxylic acids is 1. The Morgan fingerprint density at radius 2 is 1.56 bits per heavy atom. The van der Waals surface area contributed by atoms with E-state index in [1.807, 2.05) is 24.3 Å². The van der Waals surface area contributed by atoms with Crippen molar-refractivity contribution < 1.29 is 24.2 Å². The van der Waals surface area contributed by atoms with E-state index in [-0.39, 0.29) is 31.4 Å². The first-order valence-electron chi connectivity index (χ1n) is 11.8. The van der Waals surface area contributed by atoms with Crippen molar-refractivity contribution in [3.63, 3.8) is 0 Å². The summed E-state index contributed by atoms with van der Waals surface area (Å²) in [5, 5.41) is 14.9. The first-order valence-corrected chi connectivity index (χ1v) is 11.8. The monoisotopic (exact) mass is 464 g/mol. The summed E-state index contributed by atoms with van der Waals surface area (Å²) in [6.45, 7) is 3.38. The van der Waals surface area contributed by atoms with Gasteiger partial charge in [0, 0.05) is 18.9 Å². The van der Waals surface area contributed by atoms with Gasteiger partial charge in [0.05, 0.1) is 11.0 Å². The Balaban J connectivity index is 1.38. The molecule has 0 bridgehead atoms. The Bertz CT molecular complexity index is 1040. The first-order chi connectivity index (χ1) is 16.2. The van der Waals surface area contributed by atoms with Crippen molar-refractivity contribution in [3.05, 3.63) is 59.7 Å². The molecule has 1 saturated carbocycles. The number of rotatable bonds is 8. The molecule has 2 aromatic carbocycles. The summed E-state index contributed by atoms with van der Waals surface area (Å²) in [6.07, 6.45) is 2.78. The first kappa shape index (κ1) is 23.8. The number of carboxylic acid groups (broad SMARTS) is 1. The molecule has 0 radical (unpaired) electrons. The van der Waals surface area contributed by atoms with Gasteiger partial charge in [-0.15, -0.1) is 0 Å². The second-order valence-corrected chi connectivity index (χ2v) is 10.1. The zero-order valence-electron chi connectivity index (χ0n) is 19.7. The normalized spacial score (nSPS) is 16.4. The summed E-state index contributed by atoms with van der Waals surface area (Å²) in [5.41, 5.74) is 2.90. The molecule has 2 amide bonds. The molecule has 2 aliphatic rings. The molecule has 0 atom stereocenters. The average Bonchev–Trinajstić information content (AvgIpc) is 3.39. The van der Waals surface area contributed by atoms with E-state index in [2.05, 4.69) is 34.9 Å². The van der Waals surface area contributed by atoms with Crippen LogP contribution in [0.25, 0.3) is 11.1 Å². The van der Waals surface area contributed by atoms with Crippen molar-refractivity contribution in [2.24, 2.45) is 5.41 Å². The number of nitrogens with one attached hydrogen (secondary N) is 2. The standard InChI is InChI=1S/C27H32N2O5/c1-26(2,24(31)32)17-28-23(30)15-27(13-7-8-14-27)29-25(33)34-16-22-20-11-5-3-9-18(20)19-10-4-6-12-21(19)22/h3-6,9-12,22H,7-8,13-17H2,1-2H3,(H,28,30)(H,29,33)(H,31,32). The van der Waals surface area contributed by atoms with Crippen LogP contribution in [0.3, 0.4) is 0 Å². The van der Waals surface area contributed by atoms with Gasteiger partial charge in [-0.1, -0.05) is 61.4 Å². The second kappa shape index (κ2) is 9.49. The van der Waals surface area contributed by atoms with Gasteiger partial charge in [0.25, 0.3) is 0 Å². The van der Waals surface area contributed by atoms with Crippen molar-refractivity contribution in [1.82, 2.24) is 10.6 Å². The zero-order chi connectivity index (χ0) is 24.3. The van der Waals surface area contributed by atoms with Crippen molar-refractivity contribution >= 4 is 18.0 Å². The van der Waals surface area contributed by atoms with Crippen LogP contribution >= 0.6 is 0 Å². The van der Waals surface area contributed by atoms with Crippen LogP contribution in [0.2, 0.25) is 0 Å². The largest absolute Gasteiger partial charge is 0.481 e. The molecule has 7 nitrogen and oxygen atoms in total. The molecule has 0 aliphatic heterocycles. The van der Waals surface area contributed by atoms with Crippen LogP contribution in [-0.2, 0) is 14.3 Å². The number of carbonyl (C=O) groups excluding carboxylic acids is 2. The van der Waals surface area contributed by atoms with E-state index < -0.39 is 23.0 Å². The highest BCUT2D eigenvalue weighted by Gasteiger charge is 2.39. The fourth-order valence-electron chi connectivity index (χ4n) is 5.01. The minimum Gasteiger partial charge on any atom is -0.481 e. The molecule has 0 heterocycles. The number of hydrogen-bond donors (Lipinski definition) is 3. The van der Waals surface area contributed by atoms with Crippen molar-refractivity contribution in [1.29, 1.82) is 0 Å². The summed E-state index contributed by atoms with van der Waals surface area (Å²) in [6, 6.07) is 16.3. The van der Waals surface area contributed by atoms with Gasteiger partial charge >= 0.3 is 12.1 Å². The predicted molar refractivity (Wildman–Crippen MR) is 128 cm³/mol. The fourth-order valence-corrected chi connectivity index (χ4v) is 5.01. The molecule has 3 N–H and O–H groups in total. The lowest BCUT2D eigenvalue weighted by Crippen LogP contribution is -2.50. The highest BCUT2D eigenvalue weighted by molar-refractivity contribution is 5.81. The molecule has 34 heavy (non-hydrogen) atoms. The van der Waals surface area contributed by atoms with Crippen LogP contribution in [0.5, 0.6) is 0 Å². The number of fused-ring (bicyclic) bond motifs is 3. The van der Waals surface area contributed by atoms with E-state index in [0.29, 0.717) is 12.8 Å². The number of hydrogen-bond acceptors (Lipinski definition) is 4. The van der Waals surface area contributed by atoms with Gasteiger partial charge in [0.2, 0.25) is 5.91 Å². The lowest BCUT2D eigenvalue weighted by molar-refractivity contribution is -0.146. The highest BCUT2D eigenvalue weighted by atomic mass is 16.5. The minimum absolute atomic E-state index is 0.0285. The lowest BCUT2D eigenvalue weighted by atomic mass is 9.91. The van der Waals surface area contributed by atoms with Gasteiger partial charge in [-0.2, -0.15) is 0 Å². The maximum Gasteiger partial charge on any atom is 0.407 e. The van der Waals surface area contributed by atoms with Crippen LogP contribution < -0.4 is 10.6 Å². The molecule has 0 unspecified atom stereocenters. The maximum absolute atomic E-state index is 12.8. The Hall–Kier alpha value is -3.35. The Morgan fingerprint density at radius 1 is 1.00 bits per heavy atom. The Kier molecular flexibility index (Phi) is 6.64. The van der Waals surface area contributed by atoms with Crippen LogP contribution in [0.4, 0.5) is 4.79 Å². The summed E-state index contributed by atoms with van der Waals surface area (Å²) in [4.78, 5) is 36.7. The smallest absolute Gasteiger partial charge is 0.407 e. The molecule has 2 aliphatic carbocycles. The fraction of sp³-hybridized carbons (Fsp3) is 0.444. The van der Waals surface area contributed by atoms with Crippen molar-refractivity contribution in [2.45, 2.75) is 57.4 Å². The highest BCUT2D eigenvalue weighted by Crippen LogP contribution is 2.44. The van der Waals surface area contributed by atoms with Gasteiger partial charge in [-0.05, 0) is 48.9 Å². The van der Waals surface area contributed by atoms with Crippen molar-refractivity contribution in [2.75, 3.05) is 13.2 Å². The third-order valence-electron chi connectivity index (χ3n) is 7.08. The number of carboxylic acids is 1. The quantitative estimate of drug-likeness (QED) is 0.535. The van der Waals surface area contributed by atoms with Gasteiger partial charge in [0.15, 0.2) is 0 Å². The average molecular weight is 465 g/mol. The number of alkyl carbamates (subject to hydrolysis) is 1. The number of amides is 2. The van der Waals surface area contributed by atoms with Crippen LogP contribution in [0, 0.1) is 5.41 Å². The van der Waals surface area contributed by atoms with Crippen LogP contribution in [-0.4, -0.2) is 41.8 Å². The van der Waals surface area contributed by atoms with Gasteiger partial charge in [0.1, 0.15) is 6.61 Å². The molecular formula is C27H32N2O5. The molecule has 7 heteroatoms.